The Morgan fingerprint density at radius 1 is 1.56 bits per heavy atom. The van der Waals surface area contributed by atoms with Gasteiger partial charge < -0.3 is 10.6 Å². The van der Waals surface area contributed by atoms with E-state index in [1.54, 1.807) is 11.3 Å². The molecule has 1 aromatic heterocycles. The molecular formula is C11H21N3S2. The zero-order chi connectivity index (χ0) is 12.1. The van der Waals surface area contributed by atoms with Gasteiger partial charge in [-0.05, 0) is 32.3 Å². The topological polar surface area (TPSA) is 42.2 Å². The zero-order valence-electron chi connectivity index (χ0n) is 10.5. The highest BCUT2D eigenvalue weighted by Gasteiger charge is 2.14. The van der Waals surface area contributed by atoms with Crippen molar-refractivity contribution < 1.29 is 0 Å². The number of aryl methyl sites for hydroxylation is 1. The quantitative estimate of drug-likeness (QED) is 0.852. The van der Waals surface area contributed by atoms with Gasteiger partial charge in [0.1, 0.15) is 0 Å². The molecule has 1 aromatic rings. The number of thioether (sulfide) groups is 1. The molecule has 92 valence electrons. The summed E-state index contributed by atoms with van der Waals surface area (Å²) in [6.07, 6.45) is 3.33. The Balaban J connectivity index is 2.67. The van der Waals surface area contributed by atoms with Crippen molar-refractivity contribution in [3.63, 3.8) is 0 Å². The van der Waals surface area contributed by atoms with Gasteiger partial charge in [-0.25, -0.2) is 4.98 Å². The summed E-state index contributed by atoms with van der Waals surface area (Å²) in [5.41, 5.74) is 6.74. The third-order valence-electron chi connectivity index (χ3n) is 2.77. The van der Waals surface area contributed by atoms with E-state index < -0.39 is 0 Å². The molecule has 0 aliphatic heterocycles. The molecule has 0 fully saturated rings. The van der Waals surface area contributed by atoms with Gasteiger partial charge in [0.2, 0.25) is 0 Å². The largest absolute Gasteiger partial charge is 0.348 e. The molecule has 0 aliphatic carbocycles. The molecule has 0 spiro atoms. The fourth-order valence-corrected chi connectivity index (χ4v) is 3.00. The minimum absolute atomic E-state index is 0.531. The first kappa shape index (κ1) is 13.8. The highest BCUT2D eigenvalue weighted by atomic mass is 32.2. The minimum atomic E-state index is 0.531. The summed E-state index contributed by atoms with van der Waals surface area (Å²) in [5, 5.41) is 1.09. The molecule has 0 saturated heterocycles. The van der Waals surface area contributed by atoms with E-state index in [4.69, 9.17) is 5.73 Å². The Kier molecular flexibility index (Phi) is 5.58. The molecule has 2 N–H and O–H groups in total. The van der Waals surface area contributed by atoms with Gasteiger partial charge in [-0.3, -0.25) is 0 Å². The molecule has 1 atom stereocenters. The minimum Gasteiger partial charge on any atom is -0.348 e. The molecule has 0 bridgehead atoms. The van der Waals surface area contributed by atoms with Crippen molar-refractivity contribution in [1.82, 2.24) is 4.98 Å². The molecule has 0 saturated carbocycles. The highest BCUT2D eigenvalue weighted by molar-refractivity contribution is 7.98. The number of nitrogens with two attached hydrogens (primary N) is 1. The lowest BCUT2D eigenvalue weighted by Crippen LogP contribution is -2.29. The lowest BCUT2D eigenvalue weighted by Gasteiger charge is -2.23. The number of hydrogen-bond donors (Lipinski definition) is 1. The van der Waals surface area contributed by atoms with Crippen LogP contribution in [0, 0.1) is 6.92 Å². The highest BCUT2D eigenvalue weighted by Crippen LogP contribution is 2.26. The van der Waals surface area contributed by atoms with Gasteiger partial charge in [-0.2, -0.15) is 11.8 Å². The lowest BCUT2D eigenvalue weighted by atomic mass is 10.2. The molecule has 0 amide bonds. The lowest BCUT2D eigenvalue weighted by molar-refractivity contribution is 0.667. The molecule has 0 aliphatic rings. The normalized spacial score (nSPS) is 12.8. The van der Waals surface area contributed by atoms with Crippen LogP contribution in [-0.4, -0.2) is 30.1 Å². The molecular weight excluding hydrogens is 238 g/mol. The standard InChI is InChI=1S/C11H21N3S2/c1-8(5-6-15-4)14(3)11-13-9(2)10(7-12)16-11/h8H,5-7,12H2,1-4H3. The SMILES string of the molecule is CSCCC(C)N(C)c1nc(C)c(CN)s1. The summed E-state index contributed by atoms with van der Waals surface area (Å²) in [4.78, 5) is 8.02. The van der Waals surface area contributed by atoms with Crippen molar-refractivity contribution in [2.24, 2.45) is 5.73 Å². The third-order valence-corrected chi connectivity index (χ3v) is 4.68. The Hall–Kier alpha value is -0.260. The Morgan fingerprint density at radius 3 is 2.75 bits per heavy atom. The van der Waals surface area contributed by atoms with Crippen LogP contribution in [0.15, 0.2) is 0 Å². The van der Waals surface area contributed by atoms with E-state index in [-0.39, 0.29) is 0 Å². The molecule has 1 heterocycles. The maximum atomic E-state index is 5.67. The molecule has 3 nitrogen and oxygen atoms in total. The van der Waals surface area contributed by atoms with E-state index in [0.717, 1.165) is 10.8 Å². The van der Waals surface area contributed by atoms with Gasteiger partial charge in [-0.1, -0.05) is 0 Å². The monoisotopic (exact) mass is 259 g/mol. The Morgan fingerprint density at radius 2 is 2.25 bits per heavy atom. The molecule has 1 rings (SSSR count). The maximum absolute atomic E-state index is 5.67. The van der Waals surface area contributed by atoms with Crippen LogP contribution < -0.4 is 10.6 Å². The number of aromatic nitrogens is 1. The summed E-state index contributed by atoms with van der Waals surface area (Å²) >= 11 is 3.60. The molecule has 5 heteroatoms. The summed E-state index contributed by atoms with van der Waals surface area (Å²) in [7, 11) is 2.11. The number of hydrogen-bond acceptors (Lipinski definition) is 5. The Bertz CT molecular complexity index is 325. The third kappa shape index (κ3) is 3.37. The van der Waals surface area contributed by atoms with Crippen molar-refractivity contribution >= 4 is 28.2 Å². The fraction of sp³-hybridized carbons (Fsp3) is 0.727. The van der Waals surface area contributed by atoms with Crippen molar-refractivity contribution in [1.29, 1.82) is 0 Å². The van der Waals surface area contributed by atoms with Gasteiger partial charge >= 0.3 is 0 Å². The van der Waals surface area contributed by atoms with Crippen LogP contribution in [0.3, 0.4) is 0 Å². The summed E-state index contributed by atoms with van der Waals surface area (Å²) < 4.78 is 0. The molecule has 1 unspecified atom stereocenters. The van der Waals surface area contributed by atoms with E-state index in [2.05, 4.69) is 30.1 Å². The summed E-state index contributed by atoms with van der Waals surface area (Å²) in [5.74, 6) is 1.19. The molecule has 0 radical (unpaired) electrons. The second kappa shape index (κ2) is 6.47. The first-order valence-electron chi connectivity index (χ1n) is 5.48. The van der Waals surface area contributed by atoms with Gasteiger partial charge in [-0.15, -0.1) is 11.3 Å². The van der Waals surface area contributed by atoms with Gasteiger partial charge in [0.25, 0.3) is 0 Å². The van der Waals surface area contributed by atoms with E-state index in [1.165, 1.54) is 17.1 Å². The van der Waals surface area contributed by atoms with E-state index in [9.17, 15) is 0 Å². The van der Waals surface area contributed by atoms with Crippen LogP contribution in [0.1, 0.15) is 23.9 Å². The number of anilines is 1. The molecule has 0 aromatic carbocycles. The smallest absolute Gasteiger partial charge is 0.185 e. The number of thiazole rings is 1. The van der Waals surface area contributed by atoms with Crippen molar-refractivity contribution in [2.75, 3.05) is 24.0 Å². The van der Waals surface area contributed by atoms with Crippen LogP contribution in [0.5, 0.6) is 0 Å². The van der Waals surface area contributed by atoms with Crippen LogP contribution in [-0.2, 0) is 6.54 Å². The van der Waals surface area contributed by atoms with E-state index >= 15 is 0 Å². The van der Waals surface area contributed by atoms with Gasteiger partial charge in [0, 0.05) is 24.5 Å². The number of rotatable bonds is 6. The average Bonchev–Trinajstić information content (AvgIpc) is 2.66. The molecule has 16 heavy (non-hydrogen) atoms. The summed E-state index contributed by atoms with van der Waals surface area (Å²) in [6.45, 7) is 4.87. The Labute approximate surface area is 106 Å². The predicted molar refractivity (Wildman–Crippen MR) is 75.6 cm³/mol. The van der Waals surface area contributed by atoms with Crippen molar-refractivity contribution in [3.05, 3.63) is 10.6 Å². The van der Waals surface area contributed by atoms with Crippen molar-refractivity contribution in [3.8, 4) is 0 Å². The second-order valence-electron chi connectivity index (χ2n) is 3.95. The summed E-state index contributed by atoms with van der Waals surface area (Å²) in [6, 6.07) is 0.531. The first-order chi connectivity index (χ1) is 7.60. The van der Waals surface area contributed by atoms with E-state index in [0.29, 0.717) is 12.6 Å². The first-order valence-corrected chi connectivity index (χ1v) is 7.69. The van der Waals surface area contributed by atoms with Crippen LogP contribution in [0.2, 0.25) is 0 Å². The number of nitrogens with zero attached hydrogens (tertiary/aromatic N) is 2. The van der Waals surface area contributed by atoms with Crippen LogP contribution >= 0.6 is 23.1 Å². The second-order valence-corrected chi connectivity index (χ2v) is 6.00. The van der Waals surface area contributed by atoms with Crippen LogP contribution in [0.25, 0.3) is 0 Å². The van der Waals surface area contributed by atoms with Crippen molar-refractivity contribution in [2.45, 2.75) is 32.9 Å². The van der Waals surface area contributed by atoms with Gasteiger partial charge in [0.05, 0.1) is 5.69 Å². The van der Waals surface area contributed by atoms with E-state index in [1.807, 2.05) is 18.7 Å². The van der Waals surface area contributed by atoms with Gasteiger partial charge in [0.15, 0.2) is 5.13 Å². The zero-order valence-corrected chi connectivity index (χ0v) is 12.1. The predicted octanol–water partition coefficient (Wildman–Crippen LogP) is 2.49. The fourth-order valence-electron chi connectivity index (χ4n) is 1.42. The average molecular weight is 259 g/mol. The maximum Gasteiger partial charge on any atom is 0.185 e. The van der Waals surface area contributed by atoms with Crippen LogP contribution in [0.4, 0.5) is 5.13 Å².